The summed E-state index contributed by atoms with van der Waals surface area (Å²) in [5.74, 6) is -2.48. The first-order chi connectivity index (χ1) is 9.88. The average molecular weight is 282 g/mol. The number of anilines is 1. The van der Waals surface area contributed by atoms with Gasteiger partial charge in [-0.05, 0) is 36.8 Å². The zero-order valence-corrected chi connectivity index (χ0v) is 11.1. The fraction of sp³-hybridized carbons (Fsp3) is 0.0667. The van der Waals surface area contributed by atoms with E-state index in [9.17, 15) is 14.4 Å². The van der Waals surface area contributed by atoms with E-state index in [1.807, 2.05) is 0 Å². The van der Waals surface area contributed by atoms with Gasteiger partial charge in [0.15, 0.2) is 0 Å². The fourth-order valence-corrected chi connectivity index (χ4v) is 1.93. The van der Waals surface area contributed by atoms with Crippen LogP contribution < -0.4 is 4.90 Å². The highest BCUT2D eigenvalue weighted by atomic mass is 16.4. The van der Waals surface area contributed by atoms with Gasteiger partial charge in [0, 0.05) is 5.57 Å². The maximum absolute atomic E-state index is 12.2. The molecule has 0 spiro atoms. The molecule has 1 heterocycles. The Morgan fingerprint density at radius 1 is 1.24 bits per heavy atom. The smallest absolute Gasteiger partial charge is 0.335 e. The molecule has 0 radical (unpaired) electrons. The van der Waals surface area contributed by atoms with Gasteiger partial charge in [-0.3, -0.25) is 9.59 Å². The van der Waals surface area contributed by atoms with Crippen molar-refractivity contribution in [2.24, 2.45) is 0 Å². The van der Waals surface area contributed by atoms with E-state index in [-0.39, 0.29) is 28.0 Å². The summed E-state index contributed by atoms with van der Waals surface area (Å²) in [6.45, 7) is 5.07. The number of carboxylic acid groups (broad SMARTS) is 1. The molecule has 2 rings (SSSR count). The van der Waals surface area contributed by atoms with Crippen molar-refractivity contribution < 1.29 is 19.5 Å². The van der Waals surface area contributed by atoms with Crippen molar-refractivity contribution in [2.45, 2.75) is 6.92 Å². The average Bonchev–Trinajstić information content (AvgIpc) is 2.46. The number of imide groups is 1. The minimum Gasteiger partial charge on any atom is -0.478 e. The van der Waals surface area contributed by atoms with Gasteiger partial charge in [-0.2, -0.15) is 5.26 Å². The van der Waals surface area contributed by atoms with Crippen LogP contribution in [0.5, 0.6) is 0 Å². The minimum atomic E-state index is -1.12. The molecule has 21 heavy (non-hydrogen) atoms. The standard InChI is InChI=1S/C15H10N2O4/c1-8-9(2)13(18)17(14(19)12(8)7-16)11-5-3-10(4-6-11)15(20)21/h3-6H,2H2,1H3,(H,20,21). The number of nitriles is 1. The third-order valence-corrected chi connectivity index (χ3v) is 3.19. The molecule has 0 saturated carbocycles. The highest BCUT2D eigenvalue weighted by molar-refractivity contribution is 6.31. The number of hydrogen-bond donors (Lipinski definition) is 1. The largest absolute Gasteiger partial charge is 0.478 e. The topological polar surface area (TPSA) is 98.5 Å². The Morgan fingerprint density at radius 2 is 1.81 bits per heavy atom. The van der Waals surface area contributed by atoms with Crippen molar-refractivity contribution in [1.82, 2.24) is 0 Å². The highest BCUT2D eigenvalue weighted by Gasteiger charge is 2.35. The minimum absolute atomic E-state index is 0.0294. The van der Waals surface area contributed by atoms with Gasteiger partial charge in [0.05, 0.1) is 11.3 Å². The van der Waals surface area contributed by atoms with Crippen molar-refractivity contribution in [3.05, 3.63) is 53.1 Å². The molecule has 1 aromatic carbocycles. The van der Waals surface area contributed by atoms with E-state index < -0.39 is 17.8 Å². The van der Waals surface area contributed by atoms with Crippen LogP contribution in [-0.2, 0) is 9.59 Å². The summed E-state index contributed by atoms with van der Waals surface area (Å²) in [6, 6.07) is 6.99. The molecule has 0 atom stereocenters. The molecule has 0 unspecified atom stereocenters. The summed E-state index contributed by atoms with van der Waals surface area (Å²) in [5, 5.41) is 17.9. The second-order valence-corrected chi connectivity index (χ2v) is 4.39. The number of carbonyl (C=O) groups is 3. The molecule has 6 heteroatoms. The van der Waals surface area contributed by atoms with Gasteiger partial charge in [0.1, 0.15) is 11.6 Å². The first-order valence-electron chi connectivity index (χ1n) is 5.91. The van der Waals surface area contributed by atoms with Crippen LogP contribution in [0.1, 0.15) is 17.3 Å². The molecule has 2 amide bonds. The van der Waals surface area contributed by atoms with Crippen molar-refractivity contribution >= 4 is 23.5 Å². The van der Waals surface area contributed by atoms with E-state index >= 15 is 0 Å². The Hall–Kier alpha value is -3.20. The van der Waals surface area contributed by atoms with Gasteiger partial charge in [-0.1, -0.05) is 6.58 Å². The van der Waals surface area contributed by atoms with Crippen LogP contribution in [0.25, 0.3) is 0 Å². The van der Waals surface area contributed by atoms with E-state index in [0.717, 1.165) is 4.90 Å². The number of nitrogens with zero attached hydrogens (tertiary/aromatic N) is 2. The van der Waals surface area contributed by atoms with Gasteiger partial charge in [0.2, 0.25) is 0 Å². The molecule has 104 valence electrons. The van der Waals surface area contributed by atoms with Gasteiger partial charge < -0.3 is 5.11 Å². The molecule has 6 nitrogen and oxygen atoms in total. The molecule has 0 fully saturated rings. The third kappa shape index (κ3) is 2.21. The number of rotatable bonds is 2. The lowest BCUT2D eigenvalue weighted by Crippen LogP contribution is -2.42. The predicted octanol–water partition coefficient (Wildman–Crippen LogP) is 1.65. The molecular weight excluding hydrogens is 272 g/mol. The summed E-state index contributed by atoms with van der Waals surface area (Å²) in [6.07, 6.45) is 0. The highest BCUT2D eigenvalue weighted by Crippen LogP contribution is 2.28. The molecule has 1 aliphatic heterocycles. The maximum Gasteiger partial charge on any atom is 0.335 e. The Labute approximate surface area is 120 Å². The molecule has 1 N–H and O–H groups in total. The van der Waals surface area contributed by atoms with E-state index in [2.05, 4.69) is 6.58 Å². The summed E-state index contributed by atoms with van der Waals surface area (Å²) in [4.78, 5) is 36.0. The van der Waals surface area contributed by atoms with Crippen molar-refractivity contribution in [3.8, 4) is 6.07 Å². The molecule has 0 aromatic heterocycles. The number of carboxylic acids is 1. The van der Waals surface area contributed by atoms with E-state index in [1.54, 1.807) is 6.07 Å². The van der Waals surface area contributed by atoms with Gasteiger partial charge in [-0.25, -0.2) is 9.69 Å². The second kappa shape index (κ2) is 5.06. The zero-order chi connectivity index (χ0) is 15.7. The van der Waals surface area contributed by atoms with E-state index in [4.69, 9.17) is 10.4 Å². The van der Waals surface area contributed by atoms with Crippen LogP contribution in [0.4, 0.5) is 5.69 Å². The number of aromatic carboxylic acids is 1. The van der Waals surface area contributed by atoms with Gasteiger partial charge >= 0.3 is 5.97 Å². The molecular formula is C15H10N2O4. The number of benzene rings is 1. The Morgan fingerprint density at radius 3 is 2.29 bits per heavy atom. The van der Waals surface area contributed by atoms with Gasteiger partial charge in [0.25, 0.3) is 11.8 Å². The summed E-state index contributed by atoms with van der Waals surface area (Å²) in [7, 11) is 0. The normalized spacial score (nSPS) is 15.2. The first-order valence-corrected chi connectivity index (χ1v) is 5.91. The Bertz CT molecular complexity index is 751. The molecule has 1 aliphatic rings. The quantitative estimate of drug-likeness (QED) is 0.657. The van der Waals surface area contributed by atoms with Gasteiger partial charge in [-0.15, -0.1) is 0 Å². The predicted molar refractivity (Wildman–Crippen MR) is 73.3 cm³/mol. The number of amides is 2. The number of carbonyl (C=O) groups excluding carboxylic acids is 2. The van der Waals surface area contributed by atoms with Crippen LogP contribution in [0.2, 0.25) is 0 Å². The molecule has 0 bridgehead atoms. The van der Waals surface area contributed by atoms with E-state index in [0.29, 0.717) is 0 Å². The monoisotopic (exact) mass is 282 g/mol. The third-order valence-electron chi connectivity index (χ3n) is 3.19. The Kier molecular flexibility index (Phi) is 3.42. The first kappa shape index (κ1) is 14.2. The second-order valence-electron chi connectivity index (χ2n) is 4.39. The van der Waals surface area contributed by atoms with Crippen molar-refractivity contribution in [2.75, 3.05) is 4.90 Å². The molecule has 1 aromatic rings. The van der Waals surface area contributed by atoms with Crippen LogP contribution in [0, 0.1) is 11.3 Å². The molecule has 0 saturated heterocycles. The lowest BCUT2D eigenvalue weighted by molar-refractivity contribution is -0.122. The van der Waals surface area contributed by atoms with Crippen LogP contribution >= 0.6 is 0 Å². The number of hydrogen-bond acceptors (Lipinski definition) is 4. The van der Waals surface area contributed by atoms with E-state index in [1.165, 1.54) is 31.2 Å². The SMILES string of the molecule is C=C1C(=O)N(c2ccc(C(=O)O)cc2)C(=O)C(C#N)=C1C. The summed E-state index contributed by atoms with van der Waals surface area (Å²) in [5.41, 5.74) is 0.388. The van der Waals surface area contributed by atoms with Crippen LogP contribution in [0.3, 0.4) is 0 Å². The summed E-state index contributed by atoms with van der Waals surface area (Å²) >= 11 is 0. The maximum atomic E-state index is 12.2. The van der Waals surface area contributed by atoms with Crippen LogP contribution in [0.15, 0.2) is 47.6 Å². The van der Waals surface area contributed by atoms with Crippen molar-refractivity contribution in [3.63, 3.8) is 0 Å². The fourth-order valence-electron chi connectivity index (χ4n) is 1.93. The molecule has 0 aliphatic carbocycles. The van der Waals surface area contributed by atoms with Crippen LogP contribution in [-0.4, -0.2) is 22.9 Å². The van der Waals surface area contributed by atoms with Crippen molar-refractivity contribution in [1.29, 1.82) is 5.26 Å². The lowest BCUT2D eigenvalue weighted by Gasteiger charge is -2.26. The summed E-state index contributed by atoms with van der Waals surface area (Å²) < 4.78 is 0. The Balaban J connectivity index is 2.51. The zero-order valence-electron chi connectivity index (χ0n) is 11.1. The lowest BCUT2D eigenvalue weighted by atomic mass is 9.96.